The number of hydrogen-bond donors (Lipinski definition) is 2. The van der Waals surface area contributed by atoms with E-state index in [2.05, 4.69) is 26.2 Å². The fraction of sp³-hybridized carbons (Fsp3) is 0.263. The van der Waals surface area contributed by atoms with Crippen LogP contribution >= 0.6 is 11.9 Å². The molecule has 0 aliphatic carbocycles. The molecule has 4 rings (SSSR count). The number of halogens is 3. The summed E-state index contributed by atoms with van der Waals surface area (Å²) in [7, 11) is 1.84. The van der Waals surface area contributed by atoms with Gasteiger partial charge in [-0.05, 0) is 68.2 Å². The van der Waals surface area contributed by atoms with E-state index in [9.17, 15) is 13.2 Å². The third-order valence-electron chi connectivity index (χ3n) is 4.51. The van der Waals surface area contributed by atoms with Gasteiger partial charge in [0.25, 0.3) is 0 Å². The first-order chi connectivity index (χ1) is 13.4. The summed E-state index contributed by atoms with van der Waals surface area (Å²) in [6, 6.07) is 10.2. The molecule has 0 spiro atoms. The van der Waals surface area contributed by atoms with Crippen LogP contribution in [-0.2, 0) is 19.1 Å². The summed E-state index contributed by atoms with van der Waals surface area (Å²) >= 11 is 1.48. The molecule has 0 bridgehead atoms. The molecule has 28 heavy (non-hydrogen) atoms. The average Bonchev–Trinajstić information content (AvgIpc) is 3.25. The summed E-state index contributed by atoms with van der Waals surface area (Å²) in [6.45, 7) is 0.906. The van der Waals surface area contributed by atoms with Crippen molar-refractivity contribution in [1.82, 2.24) is 19.5 Å². The molecular weight excluding hydrogens is 387 g/mol. The highest BCUT2D eigenvalue weighted by atomic mass is 32.2. The molecule has 0 radical (unpaired) electrons. The third-order valence-corrected chi connectivity index (χ3v) is 5.20. The molecule has 0 fully saturated rings. The number of nitrogens with one attached hydrogen (secondary N) is 2. The summed E-state index contributed by atoms with van der Waals surface area (Å²) in [4.78, 5) is 4.92. The zero-order valence-electron chi connectivity index (χ0n) is 15.0. The van der Waals surface area contributed by atoms with Crippen LogP contribution in [0.15, 0.2) is 47.5 Å². The normalized spacial score (nSPS) is 13.6. The van der Waals surface area contributed by atoms with Crippen molar-refractivity contribution in [3.63, 3.8) is 0 Å². The van der Waals surface area contributed by atoms with E-state index in [1.807, 2.05) is 29.9 Å². The molecule has 5 nitrogen and oxygen atoms in total. The van der Waals surface area contributed by atoms with Crippen LogP contribution in [0.25, 0.3) is 11.3 Å². The average molecular weight is 405 g/mol. The number of aryl methyl sites for hydroxylation is 2. The van der Waals surface area contributed by atoms with E-state index in [1.165, 1.54) is 23.7 Å². The van der Waals surface area contributed by atoms with E-state index in [4.69, 9.17) is 0 Å². The minimum Gasteiger partial charge on any atom is -0.340 e. The van der Waals surface area contributed by atoms with Crippen LogP contribution in [-0.4, -0.2) is 21.8 Å². The SMILES string of the molecule is CNSc1ccc(Nc2ccc(C(F)(F)F)cn2)c(-c2cc3n(n2)CCC3)c1. The lowest BCUT2D eigenvalue weighted by molar-refractivity contribution is -0.137. The second kappa shape index (κ2) is 7.48. The van der Waals surface area contributed by atoms with Gasteiger partial charge in [0.05, 0.1) is 11.3 Å². The molecule has 3 aromatic rings. The van der Waals surface area contributed by atoms with Gasteiger partial charge < -0.3 is 5.32 Å². The van der Waals surface area contributed by atoms with Crippen LogP contribution in [0.3, 0.4) is 0 Å². The molecule has 9 heteroatoms. The van der Waals surface area contributed by atoms with E-state index in [0.29, 0.717) is 5.82 Å². The molecule has 0 saturated carbocycles. The quantitative estimate of drug-likeness (QED) is 0.593. The predicted molar refractivity (Wildman–Crippen MR) is 103 cm³/mol. The lowest BCUT2D eigenvalue weighted by Crippen LogP contribution is -2.06. The van der Waals surface area contributed by atoms with Crippen molar-refractivity contribution in [2.75, 3.05) is 12.4 Å². The van der Waals surface area contributed by atoms with Crippen LogP contribution in [0.2, 0.25) is 0 Å². The smallest absolute Gasteiger partial charge is 0.340 e. The Bertz CT molecular complexity index is 961. The van der Waals surface area contributed by atoms with Gasteiger partial charge in [0.15, 0.2) is 0 Å². The molecule has 1 aliphatic rings. The number of nitrogens with zero attached hydrogens (tertiary/aromatic N) is 3. The van der Waals surface area contributed by atoms with Crippen molar-refractivity contribution in [1.29, 1.82) is 0 Å². The maximum Gasteiger partial charge on any atom is 0.417 e. The van der Waals surface area contributed by atoms with Gasteiger partial charge in [0.1, 0.15) is 5.82 Å². The maximum absolute atomic E-state index is 12.7. The summed E-state index contributed by atoms with van der Waals surface area (Å²) < 4.78 is 43.3. The van der Waals surface area contributed by atoms with Crippen LogP contribution in [0.4, 0.5) is 24.7 Å². The molecule has 2 N–H and O–H groups in total. The molecule has 0 amide bonds. The molecule has 1 aliphatic heterocycles. The number of benzene rings is 1. The second-order valence-electron chi connectivity index (χ2n) is 6.42. The predicted octanol–water partition coefficient (Wildman–Crippen LogP) is 4.88. The number of anilines is 2. The van der Waals surface area contributed by atoms with Crippen molar-refractivity contribution in [3.8, 4) is 11.3 Å². The Morgan fingerprint density at radius 1 is 1.14 bits per heavy atom. The van der Waals surface area contributed by atoms with Crippen molar-refractivity contribution in [2.24, 2.45) is 0 Å². The summed E-state index contributed by atoms with van der Waals surface area (Å²) in [5.41, 5.74) is 2.88. The highest BCUT2D eigenvalue weighted by Gasteiger charge is 2.30. The van der Waals surface area contributed by atoms with Gasteiger partial charge in [-0.15, -0.1) is 0 Å². The van der Waals surface area contributed by atoms with Crippen molar-refractivity contribution in [3.05, 3.63) is 53.9 Å². The van der Waals surface area contributed by atoms with Crippen LogP contribution in [0.1, 0.15) is 17.7 Å². The van der Waals surface area contributed by atoms with Gasteiger partial charge in [0.2, 0.25) is 0 Å². The first-order valence-electron chi connectivity index (χ1n) is 8.79. The van der Waals surface area contributed by atoms with E-state index in [1.54, 1.807) is 0 Å². The van der Waals surface area contributed by atoms with Crippen molar-refractivity contribution < 1.29 is 13.2 Å². The lowest BCUT2D eigenvalue weighted by atomic mass is 10.1. The van der Waals surface area contributed by atoms with Gasteiger partial charge in [-0.3, -0.25) is 9.40 Å². The number of aromatic nitrogens is 3. The summed E-state index contributed by atoms with van der Waals surface area (Å²) in [5, 5.41) is 7.82. The third kappa shape index (κ3) is 3.85. The topological polar surface area (TPSA) is 54.8 Å². The van der Waals surface area contributed by atoms with Gasteiger partial charge in [-0.25, -0.2) is 4.98 Å². The van der Waals surface area contributed by atoms with E-state index < -0.39 is 11.7 Å². The molecule has 146 valence electrons. The van der Waals surface area contributed by atoms with Crippen molar-refractivity contribution >= 4 is 23.5 Å². The molecule has 0 unspecified atom stereocenters. The Kier molecular flexibility index (Phi) is 5.03. The van der Waals surface area contributed by atoms with Crippen LogP contribution in [0.5, 0.6) is 0 Å². The van der Waals surface area contributed by atoms with Crippen LogP contribution in [0, 0.1) is 0 Å². The summed E-state index contributed by atoms with van der Waals surface area (Å²) in [6.07, 6.45) is -1.47. The van der Waals surface area contributed by atoms with E-state index in [-0.39, 0.29) is 0 Å². The second-order valence-corrected chi connectivity index (χ2v) is 7.50. The Balaban J connectivity index is 1.67. The Labute approximate surface area is 164 Å². The number of pyridine rings is 1. The fourth-order valence-corrected chi connectivity index (χ4v) is 3.74. The largest absolute Gasteiger partial charge is 0.417 e. The number of rotatable bonds is 5. The molecular formula is C19H18F3N5S. The van der Waals surface area contributed by atoms with Gasteiger partial charge >= 0.3 is 6.18 Å². The van der Waals surface area contributed by atoms with Gasteiger partial charge in [-0.2, -0.15) is 18.3 Å². The first-order valence-corrected chi connectivity index (χ1v) is 9.61. The fourth-order valence-electron chi connectivity index (χ4n) is 3.19. The highest BCUT2D eigenvalue weighted by Crippen LogP contribution is 2.35. The number of hydrogen-bond acceptors (Lipinski definition) is 5. The Morgan fingerprint density at radius 2 is 2.00 bits per heavy atom. The summed E-state index contributed by atoms with van der Waals surface area (Å²) in [5.74, 6) is 0.343. The molecule has 0 atom stereocenters. The number of alkyl halides is 3. The zero-order valence-corrected chi connectivity index (χ0v) is 15.9. The monoisotopic (exact) mass is 405 g/mol. The molecule has 3 heterocycles. The molecule has 0 saturated heterocycles. The van der Waals surface area contributed by atoms with E-state index in [0.717, 1.165) is 53.5 Å². The zero-order chi connectivity index (χ0) is 19.7. The minimum atomic E-state index is -4.40. The van der Waals surface area contributed by atoms with Crippen LogP contribution < -0.4 is 10.0 Å². The first kappa shape index (κ1) is 18.8. The molecule has 2 aromatic heterocycles. The standard InChI is InChI=1S/C19H18F3N5S/c1-23-28-14-5-6-16(25-18-7-4-12(11-24-18)19(20,21)22)15(10-14)17-9-13-3-2-8-27(13)26-17/h4-7,9-11,23H,2-3,8H2,1H3,(H,24,25). The minimum absolute atomic E-state index is 0.343. The van der Waals surface area contributed by atoms with Gasteiger partial charge in [-0.1, -0.05) is 0 Å². The highest BCUT2D eigenvalue weighted by molar-refractivity contribution is 7.97. The van der Waals surface area contributed by atoms with E-state index >= 15 is 0 Å². The lowest BCUT2D eigenvalue weighted by Gasteiger charge is -2.13. The molecule has 1 aromatic carbocycles. The maximum atomic E-state index is 12.7. The Morgan fingerprint density at radius 3 is 2.68 bits per heavy atom. The van der Waals surface area contributed by atoms with Crippen molar-refractivity contribution in [2.45, 2.75) is 30.5 Å². The Hall–Kier alpha value is -2.52. The number of fused-ring (bicyclic) bond motifs is 1. The van der Waals surface area contributed by atoms with Gasteiger partial charge in [0, 0.05) is 34.6 Å².